The van der Waals surface area contributed by atoms with Gasteiger partial charge in [-0.1, -0.05) is 0 Å². The maximum atomic E-state index is 4.50. The Hall–Kier alpha value is -0.0269. The number of hydrogen-bond donors (Lipinski definition) is 4. The van der Waals surface area contributed by atoms with E-state index < -0.39 is 0 Å². The minimum Gasteiger partial charge on any atom is -0.333 e. The molecule has 1 radical (unpaired) electrons. The minimum atomic E-state index is 0. The number of rotatable bonds is 0. The number of hydrogen-bond acceptors (Lipinski definition) is 4. The third-order valence-electron chi connectivity index (χ3n) is 0.362. The molecule has 0 aliphatic heterocycles. The maximum Gasteiger partial charge on any atom is 0.112 e. The zero-order valence-corrected chi connectivity index (χ0v) is 10.3. The van der Waals surface area contributed by atoms with E-state index >= 15 is 0 Å². The van der Waals surface area contributed by atoms with Crippen LogP contribution in [-0.2, 0) is 26.2 Å². The summed E-state index contributed by atoms with van der Waals surface area (Å²) in [6.45, 7) is 0. The molecular formula is C6H18N5Zr. The predicted octanol–water partition coefficient (Wildman–Crippen LogP) is -1.07. The molecule has 0 fully saturated rings. The fraction of sp³-hybridized carbons (Fsp3) is 0.500. The molecule has 0 aliphatic rings. The summed E-state index contributed by atoms with van der Waals surface area (Å²) in [5.41, 5.74) is 13.5. The van der Waals surface area contributed by atoms with Crippen LogP contribution in [0.2, 0.25) is 0 Å². The first-order valence-corrected chi connectivity index (χ1v) is 3.09. The van der Waals surface area contributed by atoms with E-state index in [1.165, 1.54) is 21.1 Å². The Kier molecular flexibility index (Phi) is 83.4. The Labute approximate surface area is 93.2 Å². The van der Waals surface area contributed by atoms with Crippen LogP contribution in [-0.4, -0.2) is 31.3 Å². The molecule has 0 amide bonds. The number of nitrogens with zero attached hydrogens (tertiary/aromatic N) is 1. The zero-order valence-electron chi connectivity index (χ0n) is 7.83. The van der Waals surface area contributed by atoms with Crippen LogP contribution in [0.5, 0.6) is 0 Å². The summed E-state index contributed by atoms with van der Waals surface area (Å²) < 4.78 is 0. The van der Waals surface area contributed by atoms with Crippen molar-refractivity contribution in [3.8, 4) is 0 Å². The molecule has 0 spiro atoms. The van der Waals surface area contributed by atoms with Gasteiger partial charge in [-0.05, 0) is 27.2 Å². The van der Waals surface area contributed by atoms with Crippen molar-refractivity contribution in [3.05, 3.63) is 18.5 Å². The fourth-order valence-electron chi connectivity index (χ4n) is 0.186. The average Bonchev–Trinajstić information content (AvgIpc) is 2.71. The summed E-state index contributed by atoms with van der Waals surface area (Å²) >= 11 is 0. The molecule has 0 unspecified atom stereocenters. The Morgan fingerprint density at radius 1 is 1.08 bits per heavy atom. The van der Waals surface area contributed by atoms with Crippen molar-refractivity contribution in [1.29, 1.82) is 0 Å². The number of aromatic amines is 1. The van der Waals surface area contributed by atoms with Gasteiger partial charge in [0.1, 0.15) is 6.20 Å². The molecule has 0 bridgehead atoms. The van der Waals surface area contributed by atoms with Gasteiger partial charge in [-0.25, -0.2) is 0 Å². The van der Waals surface area contributed by atoms with Crippen LogP contribution in [0.15, 0.2) is 12.3 Å². The average molecular weight is 251 g/mol. The van der Waals surface area contributed by atoms with Gasteiger partial charge in [-0.15, -0.1) is 0 Å². The molecule has 6 heteroatoms. The first-order valence-electron chi connectivity index (χ1n) is 3.09. The summed E-state index contributed by atoms with van der Waals surface area (Å²) in [7, 11) is 4.50. The van der Waals surface area contributed by atoms with E-state index in [4.69, 9.17) is 0 Å². The second kappa shape index (κ2) is 44.1. The second-order valence-corrected chi connectivity index (χ2v) is 0.703. The normalized spacial score (nSPS) is 4.83. The SMILES string of the molecule is CN.CN.CN.[Zr].[c]1cc[nH]n1. The van der Waals surface area contributed by atoms with Gasteiger partial charge >= 0.3 is 0 Å². The summed E-state index contributed by atoms with van der Waals surface area (Å²) in [5.74, 6) is 0. The first-order chi connectivity index (χ1) is 5.50. The van der Waals surface area contributed by atoms with Crippen molar-refractivity contribution in [2.24, 2.45) is 17.2 Å². The number of nitrogens with one attached hydrogen (secondary N) is 1. The molecule has 7 N–H and O–H groups in total. The van der Waals surface area contributed by atoms with Gasteiger partial charge in [0.05, 0.1) is 0 Å². The minimum absolute atomic E-state index is 0. The van der Waals surface area contributed by atoms with E-state index in [-0.39, 0.29) is 26.2 Å². The van der Waals surface area contributed by atoms with Crippen molar-refractivity contribution < 1.29 is 26.2 Å². The van der Waals surface area contributed by atoms with Crippen LogP contribution in [0.4, 0.5) is 0 Å². The van der Waals surface area contributed by atoms with Crippen molar-refractivity contribution in [2.75, 3.05) is 21.1 Å². The monoisotopic (exact) mass is 250 g/mol. The Morgan fingerprint density at radius 2 is 1.50 bits per heavy atom. The molecule has 71 valence electrons. The summed E-state index contributed by atoms with van der Waals surface area (Å²) in [6.07, 6.45) is 4.26. The largest absolute Gasteiger partial charge is 0.333 e. The molecule has 0 saturated heterocycles. The third kappa shape index (κ3) is 32.5. The van der Waals surface area contributed by atoms with Gasteiger partial charge in [0, 0.05) is 32.4 Å². The molecule has 1 heterocycles. The fourth-order valence-corrected chi connectivity index (χ4v) is 0.186. The molecule has 1 rings (SSSR count). The molecule has 0 atom stereocenters. The van der Waals surface area contributed by atoms with Gasteiger partial charge in [-0.3, -0.25) is 5.10 Å². The molecule has 0 saturated carbocycles. The van der Waals surface area contributed by atoms with Gasteiger partial charge in [-0.2, -0.15) is 5.10 Å². The smallest absolute Gasteiger partial charge is 0.112 e. The van der Waals surface area contributed by atoms with Crippen LogP contribution in [0, 0.1) is 6.20 Å². The quantitative estimate of drug-likeness (QED) is 0.471. The van der Waals surface area contributed by atoms with Crippen LogP contribution in [0.1, 0.15) is 0 Å². The summed E-state index contributed by atoms with van der Waals surface area (Å²) in [4.78, 5) is 0. The van der Waals surface area contributed by atoms with E-state index in [9.17, 15) is 0 Å². The number of nitrogens with two attached hydrogens (primary N) is 3. The van der Waals surface area contributed by atoms with E-state index in [0.717, 1.165) is 0 Å². The molecule has 12 heavy (non-hydrogen) atoms. The van der Waals surface area contributed by atoms with Crippen LogP contribution < -0.4 is 17.2 Å². The van der Waals surface area contributed by atoms with Crippen molar-refractivity contribution >= 4 is 0 Å². The maximum absolute atomic E-state index is 4.50. The Morgan fingerprint density at radius 3 is 1.58 bits per heavy atom. The van der Waals surface area contributed by atoms with Crippen molar-refractivity contribution in [2.45, 2.75) is 0 Å². The van der Waals surface area contributed by atoms with E-state index in [1.54, 1.807) is 12.3 Å². The second-order valence-electron chi connectivity index (χ2n) is 0.703. The molecular weight excluding hydrogens is 233 g/mol. The summed E-state index contributed by atoms with van der Waals surface area (Å²) in [6, 6.07) is 1.71. The van der Waals surface area contributed by atoms with Crippen molar-refractivity contribution in [1.82, 2.24) is 10.2 Å². The van der Waals surface area contributed by atoms with Crippen molar-refractivity contribution in [3.63, 3.8) is 0 Å². The van der Waals surface area contributed by atoms with Crippen LogP contribution >= 0.6 is 0 Å². The molecule has 5 nitrogen and oxygen atoms in total. The number of aromatic nitrogens is 2. The molecule has 1 aromatic heterocycles. The van der Waals surface area contributed by atoms with Gasteiger partial charge in [0.15, 0.2) is 0 Å². The molecule has 0 aromatic carbocycles. The van der Waals surface area contributed by atoms with Gasteiger partial charge < -0.3 is 17.2 Å². The molecule has 1 aromatic rings. The number of H-pyrrole nitrogens is 1. The van der Waals surface area contributed by atoms with Crippen LogP contribution in [0.25, 0.3) is 0 Å². The Bertz CT molecular complexity index is 72.4. The van der Waals surface area contributed by atoms with E-state index in [1.807, 2.05) is 0 Å². The Balaban J connectivity index is -0.0000000406. The van der Waals surface area contributed by atoms with E-state index in [0.29, 0.717) is 0 Å². The standard InChI is InChI=1S/C3H3N2.3CH5N.Zr/c1-2-4-5-3-1;3*1-2;/h1-2H,(H,4,5);3*2H2,1H3;. The predicted molar refractivity (Wildman–Crippen MR) is 47.8 cm³/mol. The van der Waals surface area contributed by atoms with Gasteiger partial charge in [0.25, 0.3) is 0 Å². The van der Waals surface area contributed by atoms with Gasteiger partial charge in [0.2, 0.25) is 0 Å². The van der Waals surface area contributed by atoms with E-state index in [2.05, 4.69) is 33.6 Å². The summed E-state index contributed by atoms with van der Waals surface area (Å²) in [5, 5.41) is 6.03. The first kappa shape index (κ1) is 22.7. The molecule has 0 aliphatic carbocycles. The zero-order chi connectivity index (χ0) is 9.54. The topological polar surface area (TPSA) is 107 Å². The van der Waals surface area contributed by atoms with Crippen LogP contribution in [0.3, 0.4) is 0 Å². The third-order valence-corrected chi connectivity index (χ3v) is 0.362.